The normalized spacial score (nSPS) is 20.3. The van der Waals surface area contributed by atoms with E-state index in [2.05, 4.69) is 5.32 Å². The fourth-order valence-electron chi connectivity index (χ4n) is 2.07. The van der Waals surface area contributed by atoms with Crippen LogP contribution in [-0.4, -0.2) is 40.9 Å². The number of aromatic nitrogens is 1. The first-order chi connectivity index (χ1) is 8.61. The summed E-state index contributed by atoms with van der Waals surface area (Å²) in [6, 6.07) is 3.51. The Hall–Kier alpha value is -1.33. The summed E-state index contributed by atoms with van der Waals surface area (Å²) in [6.07, 6.45) is 4.86. The molecule has 18 heavy (non-hydrogen) atoms. The van der Waals surface area contributed by atoms with Crippen molar-refractivity contribution in [3.05, 3.63) is 24.5 Å². The van der Waals surface area contributed by atoms with E-state index in [1.165, 1.54) is 0 Å². The standard InChI is InChI=1S/C13H20N2O3/c1-11(15-6-2-3-7-15)12(16)14-10-13(17)4-8-18-9-5-13/h2-3,6-7,11,17H,4-5,8-10H2,1H3,(H,14,16). The summed E-state index contributed by atoms with van der Waals surface area (Å²) >= 11 is 0. The molecule has 5 nitrogen and oxygen atoms in total. The lowest BCUT2D eigenvalue weighted by molar-refractivity contribution is -0.126. The Bertz CT molecular complexity index is 383. The van der Waals surface area contributed by atoms with Crippen molar-refractivity contribution in [2.24, 2.45) is 0 Å². The van der Waals surface area contributed by atoms with Crippen LogP contribution in [-0.2, 0) is 9.53 Å². The molecular weight excluding hydrogens is 232 g/mol. The van der Waals surface area contributed by atoms with E-state index < -0.39 is 5.60 Å². The topological polar surface area (TPSA) is 63.5 Å². The molecule has 0 bridgehead atoms. The van der Waals surface area contributed by atoms with Crippen LogP contribution in [0.3, 0.4) is 0 Å². The van der Waals surface area contributed by atoms with Gasteiger partial charge in [0.05, 0.1) is 5.60 Å². The lowest BCUT2D eigenvalue weighted by atomic mass is 9.94. The fraction of sp³-hybridized carbons (Fsp3) is 0.615. The second kappa shape index (κ2) is 5.54. The number of carbonyl (C=O) groups excluding carboxylic acids is 1. The van der Waals surface area contributed by atoms with Crippen molar-refractivity contribution >= 4 is 5.91 Å². The van der Waals surface area contributed by atoms with Crippen LogP contribution in [0.25, 0.3) is 0 Å². The van der Waals surface area contributed by atoms with Gasteiger partial charge < -0.3 is 19.7 Å². The molecule has 1 atom stereocenters. The van der Waals surface area contributed by atoms with Gasteiger partial charge in [0.15, 0.2) is 0 Å². The molecule has 2 N–H and O–H groups in total. The van der Waals surface area contributed by atoms with Crippen LogP contribution >= 0.6 is 0 Å². The predicted molar refractivity (Wildman–Crippen MR) is 67.2 cm³/mol. The van der Waals surface area contributed by atoms with Crippen molar-refractivity contribution in [3.63, 3.8) is 0 Å². The maximum Gasteiger partial charge on any atom is 0.242 e. The molecule has 1 aliphatic heterocycles. The van der Waals surface area contributed by atoms with Crippen molar-refractivity contribution in [3.8, 4) is 0 Å². The van der Waals surface area contributed by atoms with Crippen molar-refractivity contribution in [2.45, 2.75) is 31.4 Å². The highest BCUT2D eigenvalue weighted by atomic mass is 16.5. The number of amides is 1. The molecule has 0 saturated carbocycles. The van der Waals surface area contributed by atoms with Crippen LogP contribution in [0.5, 0.6) is 0 Å². The maximum absolute atomic E-state index is 12.0. The van der Waals surface area contributed by atoms with E-state index in [0.29, 0.717) is 32.6 Å². The van der Waals surface area contributed by atoms with Gasteiger partial charge in [0.25, 0.3) is 0 Å². The van der Waals surface area contributed by atoms with E-state index in [1.54, 1.807) is 0 Å². The summed E-state index contributed by atoms with van der Waals surface area (Å²) in [6.45, 7) is 3.24. The molecule has 0 spiro atoms. The van der Waals surface area contributed by atoms with Gasteiger partial charge in [0, 0.05) is 45.0 Å². The van der Waals surface area contributed by atoms with Crippen molar-refractivity contribution < 1.29 is 14.6 Å². The van der Waals surface area contributed by atoms with Gasteiger partial charge in [-0.1, -0.05) is 0 Å². The van der Waals surface area contributed by atoms with Gasteiger partial charge in [0.1, 0.15) is 6.04 Å². The van der Waals surface area contributed by atoms with Crippen molar-refractivity contribution in [1.82, 2.24) is 9.88 Å². The first kappa shape index (κ1) is 13.1. The predicted octanol–water partition coefficient (Wildman–Crippen LogP) is 0.707. The molecule has 0 aromatic carbocycles. The minimum atomic E-state index is -0.815. The number of rotatable bonds is 4. The van der Waals surface area contributed by atoms with Gasteiger partial charge in [-0.15, -0.1) is 0 Å². The Balaban J connectivity index is 1.84. The van der Waals surface area contributed by atoms with Crippen molar-refractivity contribution in [2.75, 3.05) is 19.8 Å². The molecule has 0 radical (unpaired) electrons. The second-order valence-electron chi connectivity index (χ2n) is 4.86. The first-order valence-electron chi connectivity index (χ1n) is 6.31. The number of nitrogens with one attached hydrogen (secondary N) is 1. The fourth-order valence-corrected chi connectivity index (χ4v) is 2.07. The Morgan fingerprint density at radius 3 is 2.67 bits per heavy atom. The van der Waals surface area contributed by atoms with Crippen LogP contribution in [0.15, 0.2) is 24.5 Å². The lowest BCUT2D eigenvalue weighted by Gasteiger charge is -2.32. The molecule has 100 valence electrons. The van der Waals surface area contributed by atoms with Crippen LogP contribution in [0, 0.1) is 0 Å². The number of carbonyl (C=O) groups is 1. The van der Waals surface area contributed by atoms with Crippen LogP contribution in [0.2, 0.25) is 0 Å². The summed E-state index contributed by atoms with van der Waals surface area (Å²) in [7, 11) is 0. The molecule has 2 heterocycles. The molecule has 1 aromatic heterocycles. The number of nitrogens with zero attached hydrogens (tertiary/aromatic N) is 1. The third kappa shape index (κ3) is 3.11. The SMILES string of the molecule is CC(C(=O)NCC1(O)CCOCC1)n1cccc1. The Morgan fingerprint density at radius 1 is 1.44 bits per heavy atom. The van der Waals surface area contributed by atoms with E-state index in [1.807, 2.05) is 36.0 Å². The monoisotopic (exact) mass is 252 g/mol. The zero-order valence-electron chi connectivity index (χ0n) is 10.6. The van der Waals surface area contributed by atoms with Gasteiger partial charge in [-0.25, -0.2) is 0 Å². The molecular formula is C13H20N2O3. The molecule has 1 amide bonds. The Kier molecular flexibility index (Phi) is 4.04. The third-order valence-corrected chi connectivity index (χ3v) is 3.47. The molecule has 5 heteroatoms. The lowest BCUT2D eigenvalue weighted by Crippen LogP contribution is -2.47. The molecule has 1 saturated heterocycles. The van der Waals surface area contributed by atoms with Gasteiger partial charge >= 0.3 is 0 Å². The molecule has 1 aliphatic rings. The van der Waals surface area contributed by atoms with E-state index >= 15 is 0 Å². The number of hydrogen-bond acceptors (Lipinski definition) is 3. The van der Waals surface area contributed by atoms with Gasteiger partial charge in [-0.05, 0) is 19.1 Å². The summed E-state index contributed by atoms with van der Waals surface area (Å²) in [4.78, 5) is 12.0. The van der Waals surface area contributed by atoms with Crippen molar-refractivity contribution in [1.29, 1.82) is 0 Å². The third-order valence-electron chi connectivity index (χ3n) is 3.47. The highest BCUT2D eigenvalue weighted by Crippen LogP contribution is 2.19. The number of aliphatic hydroxyl groups is 1. The number of ether oxygens (including phenoxy) is 1. The van der Waals surface area contributed by atoms with E-state index in [-0.39, 0.29) is 11.9 Å². The zero-order valence-corrected chi connectivity index (χ0v) is 10.6. The molecule has 2 rings (SSSR count). The summed E-state index contributed by atoms with van der Waals surface area (Å²) in [5.74, 6) is -0.0777. The average molecular weight is 252 g/mol. The summed E-state index contributed by atoms with van der Waals surface area (Å²) in [5, 5.41) is 13.0. The Labute approximate surface area is 107 Å². The molecule has 0 aliphatic carbocycles. The zero-order chi connectivity index (χ0) is 13.0. The van der Waals surface area contributed by atoms with Crippen LogP contribution in [0.1, 0.15) is 25.8 Å². The van der Waals surface area contributed by atoms with Crippen LogP contribution in [0.4, 0.5) is 0 Å². The largest absolute Gasteiger partial charge is 0.388 e. The highest BCUT2D eigenvalue weighted by molar-refractivity contribution is 5.79. The molecule has 1 fully saturated rings. The first-order valence-corrected chi connectivity index (χ1v) is 6.31. The second-order valence-corrected chi connectivity index (χ2v) is 4.86. The molecule has 1 unspecified atom stereocenters. The minimum absolute atomic E-state index is 0.0777. The Morgan fingerprint density at radius 2 is 2.06 bits per heavy atom. The van der Waals surface area contributed by atoms with Crippen LogP contribution < -0.4 is 5.32 Å². The maximum atomic E-state index is 12.0. The summed E-state index contributed by atoms with van der Waals surface area (Å²) in [5.41, 5.74) is -0.815. The number of hydrogen-bond donors (Lipinski definition) is 2. The highest BCUT2D eigenvalue weighted by Gasteiger charge is 2.30. The van der Waals surface area contributed by atoms with Gasteiger partial charge in [-0.2, -0.15) is 0 Å². The van der Waals surface area contributed by atoms with E-state index in [9.17, 15) is 9.90 Å². The van der Waals surface area contributed by atoms with E-state index in [4.69, 9.17) is 4.74 Å². The minimum Gasteiger partial charge on any atom is -0.388 e. The quantitative estimate of drug-likeness (QED) is 0.829. The van der Waals surface area contributed by atoms with Gasteiger partial charge in [0.2, 0.25) is 5.91 Å². The average Bonchev–Trinajstić information content (AvgIpc) is 2.90. The summed E-state index contributed by atoms with van der Waals surface area (Å²) < 4.78 is 7.04. The smallest absolute Gasteiger partial charge is 0.242 e. The van der Waals surface area contributed by atoms with E-state index in [0.717, 1.165) is 0 Å². The van der Waals surface area contributed by atoms with Gasteiger partial charge in [-0.3, -0.25) is 4.79 Å². The molecule has 1 aromatic rings.